The Bertz CT molecular complexity index is 499. The number of carbonyl (C=O) groups is 2. The number of aromatic nitrogens is 1. The van der Waals surface area contributed by atoms with Gasteiger partial charge in [-0.15, -0.1) is 0 Å². The zero-order valence-electron chi connectivity index (χ0n) is 10.7. The highest BCUT2D eigenvalue weighted by molar-refractivity contribution is 7.99. The maximum atomic E-state index is 11.9. The SMILES string of the molecule is Cc1nc(C(=O)NCC2CCSC2)ccc1C(=O)O. The molecule has 0 radical (unpaired) electrons. The van der Waals surface area contributed by atoms with Crippen LogP contribution in [0.4, 0.5) is 0 Å². The maximum Gasteiger partial charge on any atom is 0.337 e. The summed E-state index contributed by atoms with van der Waals surface area (Å²) in [5.41, 5.74) is 0.758. The molecular formula is C13H16N2O3S. The highest BCUT2D eigenvalue weighted by Gasteiger charge is 2.18. The van der Waals surface area contributed by atoms with E-state index in [0.29, 0.717) is 18.2 Å². The topological polar surface area (TPSA) is 79.3 Å². The van der Waals surface area contributed by atoms with Crippen LogP contribution >= 0.6 is 11.8 Å². The average molecular weight is 280 g/mol. The van der Waals surface area contributed by atoms with Crippen LogP contribution in [0.5, 0.6) is 0 Å². The van der Waals surface area contributed by atoms with Gasteiger partial charge in [-0.3, -0.25) is 4.79 Å². The van der Waals surface area contributed by atoms with Crippen molar-refractivity contribution < 1.29 is 14.7 Å². The fourth-order valence-electron chi connectivity index (χ4n) is 1.99. The molecule has 1 aliphatic rings. The van der Waals surface area contributed by atoms with Gasteiger partial charge in [0, 0.05) is 6.54 Å². The number of aryl methyl sites for hydroxylation is 1. The van der Waals surface area contributed by atoms with Crippen molar-refractivity contribution in [2.24, 2.45) is 5.92 Å². The number of amides is 1. The van der Waals surface area contributed by atoms with E-state index in [4.69, 9.17) is 5.11 Å². The molecule has 1 fully saturated rings. The Labute approximate surface area is 115 Å². The molecule has 1 saturated heterocycles. The summed E-state index contributed by atoms with van der Waals surface area (Å²) in [5, 5.41) is 11.8. The van der Waals surface area contributed by atoms with Crippen molar-refractivity contribution in [1.29, 1.82) is 0 Å². The number of rotatable bonds is 4. The predicted octanol–water partition coefficient (Wildman–Crippen LogP) is 1.57. The van der Waals surface area contributed by atoms with E-state index < -0.39 is 5.97 Å². The normalized spacial score (nSPS) is 18.3. The quantitative estimate of drug-likeness (QED) is 0.875. The lowest BCUT2D eigenvalue weighted by Gasteiger charge is -2.10. The lowest BCUT2D eigenvalue weighted by atomic mass is 10.1. The molecule has 1 aromatic heterocycles. The molecule has 0 bridgehead atoms. The van der Waals surface area contributed by atoms with Crippen LogP contribution in [0.1, 0.15) is 33.0 Å². The standard InChI is InChI=1S/C13H16N2O3S/c1-8-10(13(17)18)2-3-11(15-8)12(16)14-6-9-4-5-19-7-9/h2-3,9H,4-7H2,1H3,(H,14,16)(H,17,18). The third kappa shape index (κ3) is 3.47. The molecule has 2 N–H and O–H groups in total. The van der Waals surface area contributed by atoms with Gasteiger partial charge in [-0.1, -0.05) is 0 Å². The van der Waals surface area contributed by atoms with Gasteiger partial charge in [0.2, 0.25) is 0 Å². The monoisotopic (exact) mass is 280 g/mol. The zero-order chi connectivity index (χ0) is 13.8. The Hall–Kier alpha value is -1.56. The Kier molecular flexibility index (Phi) is 4.42. The Morgan fingerprint density at radius 3 is 2.89 bits per heavy atom. The molecule has 2 heterocycles. The van der Waals surface area contributed by atoms with E-state index in [1.165, 1.54) is 12.1 Å². The second-order valence-corrected chi connectivity index (χ2v) is 5.72. The Balaban J connectivity index is 1.98. The number of hydrogen-bond donors (Lipinski definition) is 2. The molecular weight excluding hydrogens is 264 g/mol. The van der Waals surface area contributed by atoms with E-state index in [-0.39, 0.29) is 17.2 Å². The second kappa shape index (κ2) is 6.06. The highest BCUT2D eigenvalue weighted by Crippen LogP contribution is 2.22. The summed E-state index contributed by atoms with van der Waals surface area (Å²) < 4.78 is 0. The van der Waals surface area contributed by atoms with Crippen molar-refractivity contribution >= 4 is 23.6 Å². The number of nitrogens with zero attached hydrogens (tertiary/aromatic N) is 1. The lowest BCUT2D eigenvalue weighted by Crippen LogP contribution is -2.30. The van der Waals surface area contributed by atoms with Gasteiger partial charge in [-0.2, -0.15) is 11.8 Å². The van der Waals surface area contributed by atoms with Gasteiger partial charge >= 0.3 is 5.97 Å². The Morgan fingerprint density at radius 1 is 1.53 bits per heavy atom. The largest absolute Gasteiger partial charge is 0.478 e. The number of aromatic carboxylic acids is 1. The van der Waals surface area contributed by atoms with Crippen molar-refractivity contribution in [1.82, 2.24) is 10.3 Å². The van der Waals surface area contributed by atoms with Gasteiger partial charge < -0.3 is 10.4 Å². The third-order valence-electron chi connectivity index (χ3n) is 3.12. The molecule has 0 spiro atoms. The molecule has 0 aromatic carbocycles. The number of carbonyl (C=O) groups excluding carboxylic acids is 1. The van der Waals surface area contributed by atoms with Crippen molar-refractivity contribution in [2.75, 3.05) is 18.1 Å². The van der Waals surface area contributed by atoms with E-state index in [1.807, 2.05) is 11.8 Å². The minimum absolute atomic E-state index is 0.128. The molecule has 1 aliphatic heterocycles. The lowest BCUT2D eigenvalue weighted by molar-refractivity contribution is 0.0694. The van der Waals surface area contributed by atoms with Gasteiger partial charge in [0.15, 0.2) is 0 Å². The molecule has 1 aromatic rings. The third-order valence-corrected chi connectivity index (χ3v) is 4.36. The second-order valence-electron chi connectivity index (χ2n) is 4.57. The van der Waals surface area contributed by atoms with Crippen molar-refractivity contribution in [3.05, 3.63) is 29.1 Å². The summed E-state index contributed by atoms with van der Waals surface area (Å²) >= 11 is 1.91. The number of carboxylic acid groups (broad SMARTS) is 1. The van der Waals surface area contributed by atoms with Gasteiger partial charge in [-0.05, 0) is 42.9 Å². The molecule has 0 saturated carbocycles. The van der Waals surface area contributed by atoms with Crippen LogP contribution in [0.2, 0.25) is 0 Å². The van der Waals surface area contributed by atoms with E-state index in [0.717, 1.165) is 17.9 Å². The van der Waals surface area contributed by atoms with Crippen molar-refractivity contribution in [2.45, 2.75) is 13.3 Å². The summed E-state index contributed by atoms with van der Waals surface area (Å²) in [4.78, 5) is 26.8. The first kappa shape index (κ1) is 13.9. The summed E-state index contributed by atoms with van der Waals surface area (Å²) in [7, 11) is 0. The van der Waals surface area contributed by atoms with E-state index in [2.05, 4.69) is 10.3 Å². The number of hydrogen-bond acceptors (Lipinski definition) is 4. The highest BCUT2D eigenvalue weighted by atomic mass is 32.2. The molecule has 2 rings (SSSR count). The smallest absolute Gasteiger partial charge is 0.337 e. The first-order valence-corrected chi connectivity index (χ1v) is 7.30. The first-order valence-electron chi connectivity index (χ1n) is 6.15. The summed E-state index contributed by atoms with van der Waals surface area (Å²) in [5.74, 6) is 1.51. The van der Waals surface area contributed by atoms with Crippen LogP contribution in [0, 0.1) is 12.8 Å². The van der Waals surface area contributed by atoms with Crippen LogP contribution in [-0.4, -0.2) is 40.0 Å². The minimum Gasteiger partial charge on any atom is -0.478 e. The van der Waals surface area contributed by atoms with E-state index >= 15 is 0 Å². The minimum atomic E-state index is -1.03. The Morgan fingerprint density at radius 2 is 2.32 bits per heavy atom. The molecule has 1 atom stereocenters. The summed E-state index contributed by atoms with van der Waals surface area (Å²) in [6, 6.07) is 2.88. The molecule has 6 heteroatoms. The molecule has 0 aliphatic carbocycles. The number of nitrogens with one attached hydrogen (secondary N) is 1. The van der Waals surface area contributed by atoms with Crippen LogP contribution < -0.4 is 5.32 Å². The zero-order valence-corrected chi connectivity index (χ0v) is 11.5. The van der Waals surface area contributed by atoms with Crippen molar-refractivity contribution in [3.8, 4) is 0 Å². The number of thioether (sulfide) groups is 1. The van der Waals surface area contributed by atoms with Crippen molar-refractivity contribution in [3.63, 3.8) is 0 Å². The summed E-state index contributed by atoms with van der Waals surface area (Å²) in [6.45, 7) is 2.25. The fraction of sp³-hybridized carbons (Fsp3) is 0.462. The van der Waals surface area contributed by atoms with E-state index in [1.54, 1.807) is 6.92 Å². The van der Waals surface area contributed by atoms with Crippen LogP contribution in [0.3, 0.4) is 0 Å². The van der Waals surface area contributed by atoms with Crippen LogP contribution in [0.25, 0.3) is 0 Å². The number of pyridine rings is 1. The van der Waals surface area contributed by atoms with Gasteiger partial charge in [0.1, 0.15) is 5.69 Å². The fourth-order valence-corrected chi connectivity index (χ4v) is 3.27. The maximum absolute atomic E-state index is 11.9. The molecule has 102 valence electrons. The van der Waals surface area contributed by atoms with Crippen LogP contribution in [-0.2, 0) is 0 Å². The molecule has 1 amide bonds. The van der Waals surface area contributed by atoms with Gasteiger partial charge in [0.05, 0.1) is 11.3 Å². The molecule has 19 heavy (non-hydrogen) atoms. The van der Waals surface area contributed by atoms with Gasteiger partial charge in [0.25, 0.3) is 5.91 Å². The number of carboxylic acids is 1. The average Bonchev–Trinajstić information content (AvgIpc) is 2.88. The van der Waals surface area contributed by atoms with E-state index in [9.17, 15) is 9.59 Å². The van der Waals surface area contributed by atoms with Crippen LogP contribution in [0.15, 0.2) is 12.1 Å². The van der Waals surface area contributed by atoms with Gasteiger partial charge in [-0.25, -0.2) is 9.78 Å². The first-order chi connectivity index (χ1) is 9.08. The molecule has 5 nitrogen and oxygen atoms in total. The predicted molar refractivity (Wildman–Crippen MR) is 73.7 cm³/mol. The summed E-state index contributed by atoms with van der Waals surface area (Å²) in [6.07, 6.45) is 1.13. The molecule has 1 unspecified atom stereocenters.